The summed E-state index contributed by atoms with van der Waals surface area (Å²) in [7, 11) is 1.72. The molecule has 0 unspecified atom stereocenters. The van der Waals surface area contributed by atoms with E-state index in [4.69, 9.17) is 15.9 Å². The van der Waals surface area contributed by atoms with Crippen molar-refractivity contribution in [1.82, 2.24) is 20.0 Å². The lowest BCUT2D eigenvalue weighted by atomic mass is 10.2. The summed E-state index contributed by atoms with van der Waals surface area (Å²) in [6.45, 7) is 7.18. The van der Waals surface area contributed by atoms with Gasteiger partial charge in [0.05, 0.1) is 18.7 Å². The number of H-pyrrole nitrogens is 1. The van der Waals surface area contributed by atoms with E-state index < -0.39 is 0 Å². The molecular formula is C16H27N7O. The molecule has 4 N–H and O–H groups in total. The highest BCUT2D eigenvalue weighted by atomic mass is 16.5. The fourth-order valence-electron chi connectivity index (χ4n) is 2.58. The molecule has 8 heteroatoms. The van der Waals surface area contributed by atoms with Crippen LogP contribution in [0.15, 0.2) is 17.1 Å². The highest BCUT2D eigenvalue weighted by molar-refractivity contribution is 6.01. The zero-order chi connectivity index (χ0) is 17.4. The van der Waals surface area contributed by atoms with E-state index in [-0.39, 0.29) is 0 Å². The molecule has 1 aromatic rings. The van der Waals surface area contributed by atoms with Crippen LogP contribution in [0.5, 0.6) is 0 Å². The van der Waals surface area contributed by atoms with Crippen molar-refractivity contribution in [2.75, 3.05) is 46.4 Å². The van der Waals surface area contributed by atoms with Gasteiger partial charge in [-0.2, -0.15) is 5.10 Å². The Labute approximate surface area is 142 Å². The first-order chi connectivity index (χ1) is 11.6. The van der Waals surface area contributed by atoms with Crippen molar-refractivity contribution in [2.24, 2.45) is 10.7 Å². The Kier molecular flexibility index (Phi) is 6.95. The molecule has 1 aromatic heterocycles. The van der Waals surface area contributed by atoms with Crippen molar-refractivity contribution in [3.63, 3.8) is 0 Å². The molecule has 0 aliphatic carbocycles. The van der Waals surface area contributed by atoms with Crippen LogP contribution in [0.1, 0.15) is 19.0 Å². The number of aliphatic imine (C=N–C) groups is 1. The Hall–Kier alpha value is -2.19. The molecule has 1 aliphatic heterocycles. The second-order valence-electron chi connectivity index (χ2n) is 5.73. The van der Waals surface area contributed by atoms with Gasteiger partial charge in [0, 0.05) is 45.9 Å². The van der Waals surface area contributed by atoms with Gasteiger partial charge in [-0.3, -0.25) is 15.4 Å². The fourth-order valence-corrected chi connectivity index (χ4v) is 2.58. The van der Waals surface area contributed by atoms with Crippen LogP contribution in [0.3, 0.4) is 0 Å². The number of aromatic amines is 1. The highest BCUT2D eigenvalue weighted by Gasteiger charge is 2.19. The van der Waals surface area contributed by atoms with Gasteiger partial charge in [0.15, 0.2) is 5.82 Å². The Morgan fingerprint density at radius 2 is 2.21 bits per heavy atom. The molecule has 0 atom stereocenters. The van der Waals surface area contributed by atoms with Gasteiger partial charge >= 0.3 is 0 Å². The predicted octanol–water partition coefficient (Wildman–Crippen LogP) is 1.06. The molecule has 2 heterocycles. The number of hydrogen-bond donors (Lipinski definition) is 3. The molecule has 0 radical (unpaired) electrons. The Balaban J connectivity index is 1.82. The molecule has 2 rings (SSSR count). The van der Waals surface area contributed by atoms with Crippen LogP contribution in [0, 0.1) is 5.41 Å². The Morgan fingerprint density at radius 1 is 1.46 bits per heavy atom. The van der Waals surface area contributed by atoms with Crippen LogP contribution >= 0.6 is 0 Å². The molecule has 24 heavy (non-hydrogen) atoms. The van der Waals surface area contributed by atoms with Crippen molar-refractivity contribution in [3.05, 3.63) is 17.8 Å². The summed E-state index contributed by atoms with van der Waals surface area (Å²) in [5, 5.41) is 15.2. The van der Waals surface area contributed by atoms with E-state index in [1.54, 1.807) is 7.11 Å². The predicted molar refractivity (Wildman–Crippen MR) is 96.8 cm³/mol. The van der Waals surface area contributed by atoms with Crippen molar-refractivity contribution in [1.29, 1.82) is 5.41 Å². The molecule has 0 bridgehead atoms. The van der Waals surface area contributed by atoms with Crippen LogP contribution in [-0.4, -0.2) is 78.1 Å². The van der Waals surface area contributed by atoms with Gasteiger partial charge in [0.25, 0.3) is 0 Å². The molecule has 1 saturated heterocycles. The first-order valence-electron chi connectivity index (χ1n) is 8.17. The van der Waals surface area contributed by atoms with Gasteiger partial charge in [-0.1, -0.05) is 6.08 Å². The number of ether oxygens (including phenoxy) is 1. The molecule has 8 nitrogen and oxygen atoms in total. The summed E-state index contributed by atoms with van der Waals surface area (Å²) in [5.41, 5.74) is 6.85. The molecule has 0 amide bonds. The minimum Gasteiger partial charge on any atom is -0.387 e. The fraction of sp³-hybridized carbons (Fsp3) is 0.562. The number of amidine groups is 2. The van der Waals surface area contributed by atoms with Gasteiger partial charge in [0.2, 0.25) is 0 Å². The topological polar surface area (TPSA) is 107 Å². The van der Waals surface area contributed by atoms with E-state index in [1.165, 1.54) is 0 Å². The minimum absolute atomic E-state index is 0.337. The first-order valence-corrected chi connectivity index (χ1v) is 8.17. The molecule has 1 fully saturated rings. The van der Waals surface area contributed by atoms with E-state index >= 15 is 0 Å². The van der Waals surface area contributed by atoms with Gasteiger partial charge < -0.3 is 15.4 Å². The van der Waals surface area contributed by atoms with Crippen LogP contribution in [0.2, 0.25) is 0 Å². The average molecular weight is 333 g/mol. The number of nitrogens with zero attached hydrogens (tertiary/aromatic N) is 4. The molecule has 0 saturated carbocycles. The SMILES string of the molecule is C/C=C/c1cc(N=C(N)CC(=N)N2CCN(CCOC)CC2)n[nH]1. The van der Waals surface area contributed by atoms with Crippen molar-refractivity contribution in [3.8, 4) is 0 Å². The lowest BCUT2D eigenvalue weighted by Crippen LogP contribution is -2.49. The smallest absolute Gasteiger partial charge is 0.175 e. The number of nitrogens with one attached hydrogen (secondary N) is 2. The van der Waals surface area contributed by atoms with E-state index in [9.17, 15) is 0 Å². The van der Waals surface area contributed by atoms with Crippen molar-refractivity contribution in [2.45, 2.75) is 13.3 Å². The zero-order valence-corrected chi connectivity index (χ0v) is 14.5. The summed E-state index contributed by atoms with van der Waals surface area (Å²) in [5.74, 6) is 1.45. The van der Waals surface area contributed by atoms with E-state index in [2.05, 4.69) is 25.0 Å². The largest absolute Gasteiger partial charge is 0.387 e. The van der Waals surface area contributed by atoms with Crippen LogP contribution < -0.4 is 5.73 Å². The maximum Gasteiger partial charge on any atom is 0.175 e. The number of hydrogen-bond acceptors (Lipinski definition) is 5. The third kappa shape index (κ3) is 5.47. The Morgan fingerprint density at radius 3 is 2.88 bits per heavy atom. The summed E-state index contributed by atoms with van der Waals surface area (Å²) in [4.78, 5) is 8.68. The van der Waals surface area contributed by atoms with Crippen LogP contribution in [-0.2, 0) is 4.74 Å². The molecule has 0 spiro atoms. The highest BCUT2D eigenvalue weighted by Crippen LogP contribution is 2.11. The van der Waals surface area contributed by atoms with Gasteiger partial charge in [0.1, 0.15) is 11.7 Å². The van der Waals surface area contributed by atoms with Crippen molar-refractivity contribution >= 4 is 23.6 Å². The third-order valence-corrected chi connectivity index (χ3v) is 3.90. The maximum atomic E-state index is 8.24. The van der Waals surface area contributed by atoms with Gasteiger partial charge in [-0.25, -0.2) is 4.99 Å². The van der Waals surface area contributed by atoms with E-state index in [0.717, 1.165) is 45.0 Å². The maximum absolute atomic E-state index is 8.24. The lowest BCUT2D eigenvalue weighted by Gasteiger charge is -2.35. The first kappa shape index (κ1) is 18.2. The van der Waals surface area contributed by atoms with Gasteiger partial charge in [-0.15, -0.1) is 0 Å². The van der Waals surface area contributed by atoms with Crippen LogP contribution in [0.4, 0.5) is 5.82 Å². The summed E-state index contributed by atoms with van der Waals surface area (Å²) in [6.07, 6.45) is 4.17. The average Bonchev–Trinajstić information content (AvgIpc) is 3.00. The number of nitrogens with two attached hydrogens (primary N) is 1. The third-order valence-electron chi connectivity index (χ3n) is 3.90. The number of piperazine rings is 1. The molecular weight excluding hydrogens is 306 g/mol. The minimum atomic E-state index is 0.337. The van der Waals surface area contributed by atoms with Crippen LogP contribution in [0.25, 0.3) is 6.08 Å². The molecule has 132 valence electrons. The number of aromatic nitrogens is 2. The Bertz CT molecular complexity index is 585. The van der Waals surface area contributed by atoms with Gasteiger partial charge in [-0.05, 0) is 13.0 Å². The van der Waals surface area contributed by atoms with E-state index in [1.807, 2.05) is 25.1 Å². The zero-order valence-electron chi connectivity index (χ0n) is 14.5. The molecule has 1 aliphatic rings. The standard InChI is InChI=1S/C16H27N7O/c1-3-4-13-11-16(21-20-13)19-14(17)12-15(18)23-7-5-22(6-8-23)9-10-24-2/h3-4,11,18H,5-10,12H2,1-2H3,(H3,17,19,20,21)/b4-3+,18-15?. The summed E-state index contributed by atoms with van der Waals surface area (Å²) >= 11 is 0. The number of rotatable bonds is 7. The number of methoxy groups -OCH3 is 1. The lowest BCUT2D eigenvalue weighted by molar-refractivity contribution is 0.120. The summed E-state index contributed by atoms with van der Waals surface area (Å²) < 4.78 is 5.10. The monoisotopic (exact) mass is 333 g/mol. The summed E-state index contributed by atoms with van der Waals surface area (Å²) in [6, 6.07) is 1.82. The van der Waals surface area contributed by atoms with Crippen molar-refractivity contribution < 1.29 is 4.74 Å². The second-order valence-corrected chi connectivity index (χ2v) is 5.73. The molecule has 0 aromatic carbocycles. The quantitative estimate of drug-likeness (QED) is 0.511. The van der Waals surface area contributed by atoms with E-state index in [0.29, 0.717) is 23.9 Å². The number of allylic oxidation sites excluding steroid dienone is 1. The second kappa shape index (κ2) is 9.19. The normalized spacial score (nSPS) is 16.9.